The molecule has 1 rings (SSSR count). The Balaban J connectivity index is 2.99. The molecule has 1 unspecified atom stereocenters. The van der Waals surface area contributed by atoms with E-state index >= 15 is 0 Å². The summed E-state index contributed by atoms with van der Waals surface area (Å²) < 4.78 is 0. The predicted octanol–water partition coefficient (Wildman–Crippen LogP) is 4.76. The van der Waals surface area contributed by atoms with Gasteiger partial charge in [0.25, 0.3) is 0 Å². The summed E-state index contributed by atoms with van der Waals surface area (Å²) in [6.45, 7) is 3.96. The molecule has 0 fully saturated rings. The Morgan fingerprint density at radius 2 is 2.29 bits per heavy atom. The minimum atomic E-state index is -0.273. The van der Waals surface area contributed by atoms with Crippen LogP contribution in [0, 0.1) is 10.8 Å². The van der Waals surface area contributed by atoms with Crippen LogP contribution in [-0.2, 0) is 5.33 Å². The van der Waals surface area contributed by atoms with Crippen LogP contribution in [0.1, 0.15) is 29.6 Å². The van der Waals surface area contributed by atoms with Crippen LogP contribution in [-0.4, -0.2) is 0 Å². The zero-order chi connectivity index (χ0) is 10.7. The summed E-state index contributed by atoms with van der Waals surface area (Å²) >= 11 is 10.9. The molecule has 1 heterocycles. The molecular formula is C9H11BrClNOS. The summed E-state index contributed by atoms with van der Waals surface area (Å²) in [6, 6.07) is 1.57. The Bertz CT molecular complexity index is 327. The van der Waals surface area contributed by atoms with Crippen molar-refractivity contribution < 1.29 is 0 Å². The average Bonchev–Trinajstić information content (AvgIpc) is 2.47. The fourth-order valence-corrected chi connectivity index (χ4v) is 3.44. The molecule has 0 bridgehead atoms. The number of hydrogen-bond donors (Lipinski definition) is 0. The molecule has 0 aromatic carbocycles. The maximum atomic E-state index is 10.7. The molecule has 0 aliphatic heterocycles. The molecule has 78 valence electrons. The Labute approximate surface area is 101 Å². The van der Waals surface area contributed by atoms with Gasteiger partial charge in [-0.2, -0.15) is 4.91 Å². The van der Waals surface area contributed by atoms with Gasteiger partial charge in [0.1, 0.15) is 6.04 Å². The highest BCUT2D eigenvalue weighted by atomic mass is 79.9. The van der Waals surface area contributed by atoms with Crippen LogP contribution in [0.4, 0.5) is 0 Å². The molecule has 14 heavy (non-hydrogen) atoms. The van der Waals surface area contributed by atoms with Gasteiger partial charge in [0, 0.05) is 15.1 Å². The van der Waals surface area contributed by atoms with Crippen LogP contribution in [0.2, 0.25) is 5.02 Å². The van der Waals surface area contributed by atoms with E-state index in [2.05, 4.69) is 21.1 Å². The van der Waals surface area contributed by atoms with Crippen molar-refractivity contribution in [2.45, 2.75) is 25.2 Å². The second-order valence-electron chi connectivity index (χ2n) is 3.35. The number of alkyl halides is 1. The molecule has 1 atom stereocenters. The summed E-state index contributed by atoms with van der Waals surface area (Å²) in [5.74, 6) is 0.213. The van der Waals surface area contributed by atoms with Crippen LogP contribution in [0.3, 0.4) is 0 Å². The van der Waals surface area contributed by atoms with Crippen molar-refractivity contribution in [2.75, 3.05) is 0 Å². The van der Waals surface area contributed by atoms with Crippen LogP contribution < -0.4 is 0 Å². The number of rotatable bonds is 4. The van der Waals surface area contributed by atoms with Gasteiger partial charge in [0.15, 0.2) is 0 Å². The molecule has 0 radical (unpaired) electrons. The van der Waals surface area contributed by atoms with Crippen LogP contribution >= 0.6 is 38.9 Å². The lowest BCUT2D eigenvalue weighted by Gasteiger charge is -2.09. The number of hydrogen-bond acceptors (Lipinski definition) is 3. The summed E-state index contributed by atoms with van der Waals surface area (Å²) in [4.78, 5) is 12.7. The predicted molar refractivity (Wildman–Crippen MR) is 65.3 cm³/mol. The first kappa shape index (κ1) is 12.1. The van der Waals surface area contributed by atoms with Crippen molar-refractivity contribution in [3.8, 4) is 0 Å². The topological polar surface area (TPSA) is 29.4 Å². The van der Waals surface area contributed by atoms with Crippen molar-refractivity contribution in [1.82, 2.24) is 0 Å². The minimum Gasteiger partial charge on any atom is -0.150 e. The van der Waals surface area contributed by atoms with E-state index in [0.717, 1.165) is 20.1 Å². The Morgan fingerprint density at radius 1 is 1.64 bits per heavy atom. The van der Waals surface area contributed by atoms with Gasteiger partial charge in [0.05, 0.1) is 5.02 Å². The first-order valence-corrected chi connectivity index (χ1v) is 6.58. The van der Waals surface area contributed by atoms with E-state index in [9.17, 15) is 4.91 Å². The smallest absolute Gasteiger partial charge is 0.128 e. The summed E-state index contributed by atoms with van der Waals surface area (Å²) in [7, 11) is 0. The normalized spacial score (nSPS) is 13.2. The SMILES string of the molecule is CC(C)C(N=O)c1cc(Cl)c(CBr)s1. The van der Waals surface area contributed by atoms with E-state index in [0.29, 0.717) is 0 Å². The van der Waals surface area contributed by atoms with Gasteiger partial charge in [-0.05, 0) is 12.0 Å². The lowest BCUT2D eigenvalue weighted by Crippen LogP contribution is -2.00. The van der Waals surface area contributed by atoms with Gasteiger partial charge in [-0.15, -0.1) is 11.3 Å². The Kier molecular flexibility index (Phi) is 4.54. The molecule has 0 spiro atoms. The Hall–Kier alpha value is 0.0700. The first-order valence-electron chi connectivity index (χ1n) is 4.26. The van der Waals surface area contributed by atoms with Crippen molar-refractivity contribution in [3.63, 3.8) is 0 Å². The molecule has 1 aromatic rings. The van der Waals surface area contributed by atoms with Crippen molar-refractivity contribution in [2.24, 2.45) is 11.1 Å². The van der Waals surface area contributed by atoms with Crippen molar-refractivity contribution in [1.29, 1.82) is 0 Å². The molecular weight excluding hydrogens is 286 g/mol. The summed E-state index contributed by atoms with van der Waals surface area (Å²) in [5.41, 5.74) is 0. The zero-order valence-electron chi connectivity index (χ0n) is 7.96. The van der Waals surface area contributed by atoms with Crippen molar-refractivity contribution in [3.05, 3.63) is 25.8 Å². The third kappa shape index (κ3) is 2.55. The molecule has 0 saturated carbocycles. The number of halogens is 2. The third-order valence-electron chi connectivity index (χ3n) is 1.93. The lowest BCUT2D eigenvalue weighted by molar-refractivity contribution is 0.520. The molecule has 0 N–H and O–H groups in total. The fourth-order valence-electron chi connectivity index (χ4n) is 1.16. The highest BCUT2D eigenvalue weighted by molar-refractivity contribution is 9.08. The van der Waals surface area contributed by atoms with Crippen LogP contribution in [0.25, 0.3) is 0 Å². The molecule has 0 aliphatic carbocycles. The molecule has 2 nitrogen and oxygen atoms in total. The van der Waals surface area contributed by atoms with Gasteiger partial charge in [-0.1, -0.05) is 46.6 Å². The monoisotopic (exact) mass is 295 g/mol. The zero-order valence-corrected chi connectivity index (χ0v) is 11.1. The first-order chi connectivity index (χ1) is 6.60. The second kappa shape index (κ2) is 5.24. The van der Waals surface area contributed by atoms with E-state index < -0.39 is 0 Å². The van der Waals surface area contributed by atoms with Gasteiger partial charge >= 0.3 is 0 Å². The lowest BCUT2D eigenvalue weighted by atomic mass is 10.0. The third-order valence-corrected chi connectivity index (χ3v) is 4.52. The number of nitroso groups, excluding NO2 is 1. The van der Waals surface area contributed by atoms with Gasteiger partial charge < -0.3 is 0 Å². The van der Waals surface area contributed by atoms with Gasteiger partial charge in [-0.3, -0.25) is 0 Å². The highest BCUT2D eigenvalue weighted by Crippen LogP contribution is 2.36. The summed E-state index contributed by atoms with van der Waals surface area (Å²) in [5, 5.41) is 4.57. The van der Waals surface area contributed by atoms with Crippen LogP contribution in [0.15, 0.2) is 11.2 Å². The number of thiophene rings is 1. The fraction of sp³-hybridized carbons (Fsp3) is 0.556. The van der Waals surface area contributed by atoms with Gasteiger partial charge in [-0.25, -0.2) is 0 Å². The highest BCUT2D eigenvalue weighted by Gasteiger charge is 2.20. The van der Waals surface area contributed by atoms with Crippen molar-refractivity contribution >= 4 is 38.9 Å². The maximum Gasteiger partial charge on any atom is 0.128 e. The van der Waals surface area contributed by atoms with Crippen LogP contribution in [0.5, 0.6) is 0 Å². The van der Waals surface area contributed by atoms with Gasteiger partial charge in [0.2, 0.25) is 0 Å². The molecule has 0 amide bonds. The molecule has 1 aromatic heterocycles. The van der Waals surface area contributed by atoms with E-state index in [4.69, 9.17) is 11.6 Å². The molecule has 5 heteroatoms. The molecule has 0 saturated heterocycles. The largest absolute Gasteiger partial charge is 0.150 e. The quantitative estimate of drug-likeness (QED) is 0.582. The van der Waals surface area contributed by atoms with E-state index in [1.807, 2.05) is 19.9 Å². The number of nitrogens with zero attached hydrogens (tertiary/aromatic N) is 1. The Morgan fingerprint density at radius 3 is 2.64 bits per heavy atom. The average molecular weight is 297 g/mol. The van der Waals surface area contributed by atoms with E-state index in [1.165, 1.54) is 0 Å². The van der Waals surface area contributed by atoms with E-state index in [1.54, 1.807) is 11.3 Å². The standard InChI is InChI=1S/C9H11BrClNOS/c1-5(2)9(12-13)7-3-6(11)8(4-10)14-7/h3,5,9H,4H2,1-2H3. The second-order valence-corrected chi connectivity index (χ2v) is 5.48. The van der Waals surface area contributed by atoms with E-state index in [-0.39, 0.29) is 12.0 Å². The molecule has 0 aliphatic rings. The minimum absolute atomic E-state index is 0.213. The summed E-state index contributed by atoms with van der Waals surface area (Å²) in [6.07, 6.45) is 0. The maximum absolute atomic E-state index is 10.7.